The Morgan fingerprint density at radius 1 is 1.28 bits per heavy atom. The average Bonchev–Trinajstić information content (AvgIpc) is 2.38. The standard InChI is InChI=1S/C15H25N3/c1-18(2)12-13-5-7-15(8-6-13)17-11-14-4-3-9-16-10-14/h5-8,14,16-17H,3-4,9-12H2,1-2H3. The first-order valence-corrected chi connectivity index (χ1v) is 6.92. The summed E-state index contributed by atoms with van der Waals surface area (Å²) in [5.41, 5.74) is 2.60. The zero-order valence-electron chi connectivity index (χ0n) is 11.6. The van der Waals surface area contributed by atoms with Gasteiger partial charge in [0.15, 0.2) is 0 Å². The molecule has 1 aromatic carbocycles. The predicted octanol–water partition coefficient (Wildman–Crippen LogP) is 2.16. The molecule has 3 heteroatoms. The van der Waals surface area contributed by atoms with E-state index in [1.165, 1.54) is 30.6 Å². The van der Waals surface area contributed by atoms with Gasteiger partial charge in [-0.25, -0.2) is 0 Å². The molecule has 1 saturated heterocycles. The molecule has 0 saturated carbocycles. The summed E-state index contributed by atoms with van der Waals surface area (Å²) in [4.78, 5) is 2.19. The summed E-state index contributed by atoms with van der Waals surface area (Å²) >= 11 is 0. The molecule has 3 nitrogen and oxygen atoms in total. The highest BCUT2D eigenvalue weighted by atomic mass is 15.0. The molecule has 1 unspecified atom stereocenters. The first kappa shape index (κ1) is 13.4. The molecule has 0 amide bonds. The van der Waals surface area contributed by atoms with Gasteiger partial charge in [-0.1, -0.05) is 12.1 Å². The Labute approximate surface area is 111 Å². The molecule has 0 bridgehead atoms. The first-order chi connectivity index (χ1) is 8.74. The van der Waals surface area contributed by atoms with E-state index >= 15 is 0 Å². The molecule has 1 heterocycles. The maximum atomic E-state index is 3.54. The van der Waals surface area contributed by atoms with Crippen LogP contribution in [0.3, 0.4) is 0 Å². The molecular weight excluding hydrogens is 222 g/mol. The van der Waals surface area contributed by atoms with E-state index in [1.54, 1.807) is 0 Å². The minimum absolute atomic E-state index is 0.778. The van der Waals surface area contributed by atoms with E-state index < -0.39 is 0 Å². The van der Waals surface area contributed by atoms with Gasteiger partial charge < -0.3 is 15.5 Å². The van der Waals surface area contributed by atoms with Crippen molar-refractivity contribution >= 4 is 5.69 Å². The Bertz CT molecular complexity index is 339. The van der Waals surface area contributed by atoms with E-state index in [-0.39, 0.29) is 0 Å². The number of nitrogens with zero attached hydrogens (tertiary/aromatic N) is 1. The van der Waals surface area contributed by atoms with Gasteiger partial charge in [0.2, 0.25) is 0 Å². The van der Waals surface area contributed by atoms with Crippen LogP contribution in [0.15, 0.2) is 24.3 Å². The van der Waals surface area contributed by atoms with E-state index in [9.17, 15) is 0 Å². The largest absolute Gasteiger partial charge is 0.385 e. The van der Waals surface area contributed by atoms with Crippen LogP contribution in [-0.2, 0) is 6.54 Å². The monoisotopic (exact) mass is 247 g/mol. The van der Waals surface area contributed by atoms with Crippen molar-refractivity contribution in [3.63, 3.8) is 0 Å². The molecule has 0 aliphatic carbocycles. The van der Waals surface area contributed by atoms with Gasteiger partial charge in [0, 0.05) is 18.8 Å². The lowest BCUT2D eigenvalue weighted by Crippen LogP contribution is -2.33. The SMILES string of the molecule is CN(C)Cc1ccc(NCC2CCCNC2)cc1. The second-order valence-corrected chi connectivity index (χ2v) is 5.53. The second-order valence-electron chi connectivity index (χ2n) is 5.53. The van der Waals surface area contributed by atoms with Crippen LogP contribution in [0.1, 0.15) is 18.4 Å². The molecule has 1 aliphatic heterocycles. The van der Waals surface area contributed by atoms with Gasteiger partial charge in [-0.05, 0) is 63.6 Å². The third-order valence-corrected chi connectivity index (χ3v) is 3.45. The van der Waals surface area contributed by atoms with E-state index in [4.69, 9.17) is 0 Å². The third-order valence-electron chi connectivity index (χ3n) is 3.45. The van der Waals surface area contributed by atoms with Crippen LogP contribution in [-0.4, -0.2) is 38.6 Å². The lowest BCUT2D eigenvalue weighted by molar-refractivity contribution is 0.393. The third kappa shape index (κ3) is 4.31. The maximum Gasteiger partial charge on any atom is 0.0340 e. The van der Waals surface area contributed by atoms with Crippen molar-refractivity contribution in [1.29, 1.82) is 0 Å². The van der Waals surface area contributed by atoms with Gasteiger partial charge in [0.1, 0.15) is 0 Å². The number of benzene rings is 1. The molecule has 0 aromatic heterocycles. The lowest BCUT2D eigenvalue weighted by Gasteiger charge is -2.23. The molecule has 100 valence electrons. The first-order valence-electron chi connectivity index (χ1n) is 6.92. The van der Waals surface area contributed by atoms with Crippen LogP contribution in [0.5, 0.6) is 0 Å². The quantitative estimate of drug-likeness (QED) is 0.835. The molecule has 2 N–H and O–H groups in total. The molecule has 0 radical (unpaired) electrons. The van der Waals surface area contributed by atoms with E-state index in [0.29, 0.717) is 0 Å². The fourth-order valence-electron chi connectivity index (χ4n) is 2.45. The summed E-state index contributed by atoms with van der Waals surface area (Å²) in [6.45, 7) is 4.44. The number of hydrogen-bond acceptors (Lipinski definition) is 3. The number of nitrogens with one attached hydrogen (secondary N) is 2. The van der Waals surface area contributed by atoms with Crippen LogP contribution in [0.2, 0.25) is 0 Å². The highest BCUT2D eigenvalue weighted by molar-refractivity contribution is 5.44. The Kier molecular flexibility index (Phi) is 5.02. The van der Waals surface area contributed by atoms with Gasteiger partial charge in [-0.3, -0.25) is 0 Å². The summed E-state index contributed by atoms with van der Waals surface area (Å²) < 4.78 is 0. The summed E-state index contributed by atoms with van der Waals surface area (Å²) in [6, 6.07) is 8.80. The average molecular weight is 247 g/mol. The van der Waals surface area contributed by atoms with Crippen LogP contribution in [0, 0.1) is 5.92 Å². The Morgan fingerprint density at radius 3 is 2.67 bits per heavy atom. The van der Waals surface area contributed by atoms with Crippen molar-refractivity contribution in [2.75, 3.05) is 39.0 Å². The summed E-state index contributed by atoms with van der Waals surface area (Å²) in [5, 5.41) is 7.00. The zero-order chi connectivity index (χ0) is 12.8. The maximum absolute atomic E-state index is 3.54. The molecule has 1 fully saturated rings. The summed E-state index contributed by atoms with van der Waals surface area (Å²) in [5.74, 6) is 0.778. The summed E-state index contributed by atoms with van der Waals surface area (Å²) in [7, 11) is 4.20. The molecule has 1 atom stereocenters. The fourth-order valence-corrected chi connectivity index (χ4v) is 2.45. The van der Waals surface area contributed by atoms with Crippen molar-refractivity contribution < 1.29 is 0 Å². The number of hydrogen-bond donors (Lipinski definition) is 2. The highest BCUT2D eigenvalue weighted by Gasteiger charge is 2.12. The van der Waals surface area contributed by atoms with Crippen molar-refractivity contribution in [2.24, 2.45) is 5.92 Å². The molecule has 2 rings (SSSR count). The normalized spacial score (nSPS) is 20.1. The Balaban J connectivity index is 1.78. The number of anilines is 1. The molecule has 18 heavy (non-hydrogen) atoms. The lowest BCUT2D eigenvalue weighted by atomic mass is 10.00. The Morgan fingerprint density at radius 2 is 2.06 bits per heavy atom. The van der Waals surface area contributed by atoms with Gasteiger partial charge in [-0.15, -0.1) is 0 Å². The molecular formula is C15H25N3. The van der Waals surface area contributed by atoms with E-state index in [0.717, 1.165) is 25.6 Å². The van der Waals surface area contributed by atoms with Crippen LogP contribution in [0.4, 0.5) is 5.69 Å². The van der Waals surface area contributed by atoms with E-state index in [2.05, 4.69) is 53.9 Å². The minimum atomic E-state index is 0.778. The van der Waals surface area contributed by atoms with Crippen LogP contribution in [0.25, 0.3) is 0 Å². The molecule has 1 aliphatic rings. The zero-order valence-corrected chi connectivity index (χ0v) is 11.6. The number of piperidine rings is 1. The van der Waals surface area contributed by atoms with Crippen molar-refractivity contribution in [3.05, 3.63) is 29.8 Å². The fraction of sp³-hybridized carbons (Fsp3) is 0.600. The van der Waals surface area contributed by atoms with Crippen molar-refractivity contribution in [1.82, 2.24) is 10.2 Å². The van der Waals surface area contributed by atoms with Crippen LogP contribution < -0.4 is 10.6 Å². The molecule has 0 spiro atoms. The van der Waals surface area contributed by atoms with Gasteiger partial charge >= 0.3 is 0 Å². The molecule has 1 aromatic rings. The topological polar surface area (TPSA) is 27.3 Å². The summed E-state index contributed by atoms with van der Waals surface area (Å²) in [6.07, 6.45) is 2.66. The Hall–Kier alpha value is -1.06. The van der Waals surface area contributed by atoms with Gasteiger partial charge in [0.25, 0.3) is 0 Å². The highest BCUT2D eigenvalue weighted by Crippen LogP contribution is 2.14. The predicted molar refractivity (Wildman–Crippen MR) is 77.9 cm³/mol. The van der Waals surface area contributed by atoms with Crippen molar-refractivity contribution in [2.45, 2.75) is 19.4 Å². The van der Waals surface area contributed by atoms with Crippen molar-refractivity contribution in [3.8, 4) is 0 Å². The number of rotatable bonds is 5. The second kappa shape index (κ2) is 6.76. The van der Waals surface area contributed by atoms with Gasteiger partial charge in [0.05, 0.1) is 0 Å². The smallest absolute Gasteiger partial charge is 0.0340 e. The van der Waals surface area contributed by atoms with Crippen LogP contribution >= 0.6 is 0 Å². The van der Waals surface area contributed by atoms with E-state index in [1.807, 2.05) is 0 Å². The van der Waals surface area contributed by atoms with Gasteiger partial charge in [-0.2, -0.15) is 0 Å². The minimum Gasteiger partial charge on any atom is -0.385 e.